The maximum Gasteiger partial charge on any atom is 0.167 e. The van der Waals surface area contributed by atoms with E-state index in [2.05, 4.69) is 19.2 Å². The van der Waals surface area contributed by atoms with Crippen LogP contribution in [0.4, 0.5) is 15.8 Å². The largest absolute Gasteiger partial charge is 0.494 e. The van der Waals surface area contributed by atoms with Crippen molar-refractivity contribution in [1.29, 1.82) is 0 Å². The zero-order chi connectivity index (χ0) is 11.9. The average Bonchev–Trinajstić information content (AvgIpc) is 2.78. The smallest absolute Gasteiger partial charge is 0.167 e. The Morgan fingerprint density at radius 1 is 1.50 bits per heavy atom. The molecule has 4 heteroatoms. The van der Waals surface area contributed by atoms with Crippen molar-refractivity contribution in [1.82, 2.24) is 0 Å². The predicted molar refractivity (Wildman–Crippen MR) is 63.2 cm³/mol. The van der Waals surface area contributed by atoms with E-state index >= 15 is 0 Å². The third-order valence-electron chi connectivity index (χ3n) is 3.17. The van der Waals surface area contributed by atoms with Gasteiger partial charge in [-0.2, -0.15) is 0 Å². The molecular weight excluding hydrogens is 207 g/mol. The van der Waals surface area contributed by atoms with Crippen LogP contribution in [0.2, 0.25) is 0 Å². The van der Waals surface area contributed by atoms with Gasteiger partial charge < -0.3 is 15.8 Å². The van der Waals surface area contributed by atoms with E-state index in [1.54, 1.807) is 6.07 Å². The monoisotopic (exact) mass is 224 g/mol. The van der Waals surface area contributed by atoms with Crippen LogP contribution in [-0.4, -0.2) is 13.2 Å². The van der Waals surface area contributed by atoms with Crippen LogP contribution < -0.4 is 15.8 Å². The highest BCUT2D eigenvalue weighted by molar-refractivity contribution is 5.69. The summed E-state index contributed by atoms with van der Waals surface area (Å²) in [4.78, 5) is 0. The molecule has 1 aliphatic carbocycles. The third-order valence-corrected chi connectivity index (χ3v) is 3.17. The van der Waals surface area contributed by atoms with Gasteiger partial charge in [-0.3, -0.25) is 0 Å². The molecule has 16 heavy (non-hydrogen) atoms. The van der Waals surface area contributed by atoms with E-state index in [0.29, 0.717) is 17.1 Å². The molecule has 0 heterocycles. The lowest BCUT2D eigenvalue weighted by molar-refractivity contribution is 0.387. The molecule has 0 amide bonds. The first-order chi connectivity index (χ1) is 7.44. The van der Waals surface area contributed by atoms with Crippen molar-refractivity contribution in [3.63, 3.8) is 0 Å². The summed E-state index contributed by atoms with van der Waals surface area (Å²) >= 11 is 0. The first kappa shape index (κ1) is 11.0. The molecule has 3 nitrogen and oxygen atoms in total. The maximum absolute atomic E-state index is 13.3. The normalized spacial score (nSPS) is 21.6. The summed E-state index contributed by atoms with van der Waals surface area (Å²) in [5.41, 5.74) is 7.21. The molecule has 0 aliphatic heterocycles. The number of ether oxygens (including phenoxy) is 1. The fraction of sp³-hybridized carbons (Fsp3) is 0.500. The number of benzene rings is 1. The van der Waals surface area contributed by atoms with Crippen molar-refractivity contribution < 1.29 is 9.13 Å². The van der Waals surface area contributed by atoms with Gasteiger partial charge in [-0.05, 0) is 11.8 Å². The van der Waals surface area contributed by atoms with Gasteiger partial charge in [0.1, 0.15) is 0 Å². The van der Waals surface area contributed by atoms with Crippen LogP contribution in [0, 0.1) is 11.2 Å². The summed E-state index contributed by atoms with van der Waals surface area (Å²) in [6, 6.07) is 3.31. The number of anilines is 2. The second-order valence-corrected chi connectivity index (χ2v) is 4.96. The van der Waals surface area contributed by atoms with Crippen molar-refractivity contribution in [3.05, 3.63) is 17.9 Å². The van der Waals surface area contributed by atoms with Gasteiger partial charge in [-0.15, -0.1) is 0 Å². The molecule has 1 fully saturated rings. The van der Waals surface area contributed by atoms with Crippen LogP contribution >= 0.6 is 0 Å². The van der Waals surface area contributed by atoms with Gasteiger partial charge in [0.2, 0.25) is 0 Å². The van der Waals surface area contributed by atoms with Gasteiger partial charge >= 0.3 is 0 Å². The Labute approximate surface area is 94.8 Å². The van der Waals surface area contributed by atoms with Crippen molar-refractivity contribution >= 4 is 11.4 Å². The van der Waals surface area contributed by atoms with E-state index in [1.165, 1.54) is 13.2 Å². The second-order valence-electron chi connectivity index (χ2n) is 4.96. The lowest BCUT2D eigenvalue weighted by Gasteiger charge is -2.12. The molecule has 1 saturated carbocycles. The zero-order valence-corrected chi connectivity index (χ0v) is 9.80. The fourth-order valence-corrected chi connectivity index (χ4v) is 1.75. The summed E-state index contributed by atoms with van der Waals surface area (Å²) in [6.07, 6.45) is 1.10. The molecule has 1 unspecified atom stereocenters. The molecule has 0 aromatic heterocycles. The molecule has 0 spiro atoms. The van der Waals surface area contributed by atoms with Gasteiger partial charge in [-0.1, -0.05) is 13.8 Å². The SMILES string of the molecule is COc1cc(NC2CC2(C)C)c(N)cc1F. The van der Waals surface area contributed by atoms with Crippen molar-refractivity contribution in [2.24, 2.45) is 5.41 Å². The number of hydrogen-bond acceptors (Lipinski definition) is 3. The maximum atomic E-state index is 13.3. The Balaban J connectivity index is 2.21. The molecule has 1 aromatic carbocycles. The number of methoxy groups -OCH3 is 1. The van der Waals surface area contributed by atoms with Crippen molar-refractivity contribution in [3.8, 4) is 5.75 Å². The Bertz CT molecular complexity index is 418. The van der Waals surface area contributed by atoms with Crippen LogP contribution in [0.15, 0.2) is 12.1 Å². The molecule has 2 rings (SSSR count). The summed E-state index contributed by atoms with van der Waals surface area (Å²) < 4.78 is 18.2. The van der Waals surface area contributed by atoms with E-state index in [1.807, 2.05) is 0 Å². The van der Waals surface area contributed by atoms with E-state index in [4.69, 9.17) is 10.5 Å². The molecule has 1 atom stereocenters. The van der Waals surface area contributed by atoms with Crippen LogP contribution in [0.1, 0.15) is 20.3 Å². The highest BCUT2D eigenvalue weighted by atomic mass is 19.1. The lowest BCUT2D eigenvalue weighted by Crippen LogP contribution is -2.10. The first-order valence-electron chi connectivity index (χ1n) is 5.33. The van der Waals surface area contributed by atoms with Gasteiger partial charge in [0.25, 0.3) is 0 Å². The van der Waals surface area contributed by atoms with E-state index in [9.17, 15) is 4.39 Å². The van der Waals surface area contributed by atoms with Gasteiger partial charge in [0, 0.05) is 18.2 Å². The fourth-order valence-electron chi connectivity index (χ4n) is 1.75. The van der Waals surface area contributed by atoms with Crippen LogP contribution in [-0.2, 0) is 0 Å². The Kier molecular flexibility index (Phi) is 2.45. The minimum atomic E-state index is -0.430. The number of nitrogen functional groups attached to an aromatic ring is 1. The van der Waals surface area contributed by atoms with E-state index in [0.717, 1.165) is 12.1 Å². The summed E-state index contributed by atoms with van der Waals surface area (Å²) in [7, 11) is 1.44. The van der Waals surface area contributed by atoms with Crippen molar-refractivity contribution in [2.45, 2.75) is 26.3 Å². The topological polar surface area (TPSA) is 47.3 Å². The lowest BCUT2D eigenvalue weighted by atomic mass is 10.2. The first-order valence-corrected chi connectivity index (χ1v) is 5.33. The van der Waals surface area contributed by atoms with E-state index in [-0.39, 0.29) is 5.75 Å². The quantitative estimate of drug-likeness (QED) is 0.776. The molecule has 1 aliphatic rings. The zero-order valence-electron chi connectivity index (χ0n) is 9.80. The minimum Gasteiger partial charge on any atom is -0.494 e. The number of rotatable bonds is 3. The molecule has 0 bridgehead atoms. The molecule has 0 saturated heterocycles. The van der Waals surface area contributed by atoms with Crippen LogP contribution in [0.5, 0.6) is 5.75 Å². The predicted octanol–water partition coefficient (Wildman–Crippen LogP) is 2.63. The molecule has 1 aromatic rings. The van der Waals surface area contributed by atoms with Gasteiger partial charge in [0.15, 0.2) is 11.6 Å². The van der Waals surface area contributed by atoms with Crippen LogP contribution in [0.3, 0.4) is 0 Å². The van der Waals surface area contributed by atoms with Gasteiger partial charge in [0.05, 0.1) is 18.5 Å². The average molecular weight is 224 g/mol. The molecule has 0 radical (unpaired) electrons. The Hall–Kier alpha value is -1.45. The number of nitrogens with one attached hydrogen (secondary N) is 1. The van der Waals surface area contributed by atoms with Crippen molar-refractivity contribution in [2.75, 3.05) is 18.2 Å². The minimum absolute atomic E-state index is 0.218. The van der Waals surface area contributed by atoms with Gasteiger partial charge in [-0.25, -0.2) is 4.39 Å². The second kappa shape index (κ2) is 3.54. The molecular formula is C12H17FN2O. The number of nitrogens with two attached hydrogens (primary N) is 1. The summed E-state index contributed by atoms with van der Waals surface area (Å²) in [5.74, 6) is -0.212. The molecule has 3 N–H and O–H groups in total. The third kappa shape index (κ3) is 1.92. The highest BCUT2D eigenvalue weighted by Gasteiger charge is 2.45. The van der Waals surface area contributed by atoms with E-state index < -0.39 is 5.82 Å². The summed E-state index contributed by atoms with van der Waals surface area (Å²) in [5, 5.41) is 3.30. The Morgan fingerprint density at radius 3 is 2.62 bits per heavy atom. The molecule has 88 valence electrons. The number of halogens is 1. The highest BCUT2D eigenvalue weighted by Crippen LogP contribution is 2.47. The summed E-state index contributed by atoms with van der Waals surface area (Å²) in [6.45, 7) is 4.36. The Morgan fingerprint density at radius 2 is 2.12 bits per heavy atom. The van der Waals surface area contributed by atoms with Crippen LogP contribution in [0.25, 0.3) is 0 Å². The standard InChI is InChI=1S/C12H17FN2O/c1-12(2)6-11(12)15-9-5-10(16-3)7(13)4-8(9)14/h4-5,11,15H,6,14H2,1-3H3. The number of hydrogen-bond donors (Lipinski definition) is 2.